The lowest BCUT2D eigenvalue weighted by Gasteiger charge is -2.29. The lowest BCUT2D eigenvalue weighted by atomic mass is 9.86. The largest absolute Gasteiger partial charge is 0.573 e. The summed E-state index contributed by atoms with van der Waals surface area (Å²) in [5.41, 5.74) is 1.14. The monoisotopic (exact) mass is 531 g/mol. The van der Waals surface area contributed by atoms with Crippen LogP contribution >= 0.6 is 0 Å². The van der Waals surface area contributed by atoms with Crippen molar-refractivity contribution in [3.05, 3.63) is 76.2 Å². The minimum Gasteiger partial charge on any atom is -0.405 e. The van der Waals surface area contributed by atoms with Crippen molar-refractivity contribution in [2.75, 3.05) is 17.2 Å². The van der Waals surface area contributed by atoms with Crippen LogP contribution in [0.5, 0.6) is 5.75 Å². The van der Waals surface area contributed by atoms with Gasteiger partial charge in [-0.3, -0.25) is 15.1 Å². The molecular formula is C25H28F3N7O3. The van der Waals surface area contributed by atoms with Gasteiger partial charge in [0.25, 0.3) is 0 Å². The first-order chi connectivity index (χ1) is 18.3. The van der Waals surface area contributed by atoms with Gasteiger partial charge in [0.1, 0.15) is 11.9 Å². The molecule has 0 bridgehead atoms. The predicted molar refractivity (Wildman–Crippen MR) is 134 cm³/mol. The summed E-state index contributed by atoms with van der Waals surface area (Å²) >= 11 is 0. The number of halogens is 3. The Morgan fingerprint density at radius 2 is 1.76 bits per heavy atom. The molecule has 1 fully saturated rings. The fourth-order valence-electron chi connectivity index (χ4n) is 4.35. The van der Waals surface area contributed by atoms with E-state index >= 15 is 0 Å². The number of ether oxygens (including phenoxy) is 1. The highest BCUT2D eigenvalue weighted by molar-refractivity contribution is 5.57. The normalized spacial score (nSPS) is 17.6. The maximum atomic E-state index is 12.7. The SMILES string of the molecule is O=[N+]([O-])c1cnc(NCc2ccccc2OC(F)(F)F)nc1NC[C@H]1CC[C@H](NCc2ccncc2)CC1. The number of nitrogens with one attached hydrogen (secondary N) is 3. The lowest BCUT2D eigenvalue weighted by molar-refractivity contribution is -0.384. The van der Waals surface area contributed by atoms with Crippen LogP contribution in [0.2, 0.25) is 0 Å². The number of rotatable bonds is 11. The van der Waals surface area contributed by atoms with Crippen molar-refractivity contribution in [3.63, 3.8) is 0 Å². The summed E-state index contributed by atoms with van der Waals surface area (Å²) in [6.07, 6.45) is 3.71. The highest BCUT2D eigenvalue weighted by Crippen LogP contribution is 2.29. The Morgan fingerprint density at radius 1 is 1.03 bits per heavy atom. The summed E-state index contributed by atoms with van der Waals surface area (Å²) in [6, 6.07) is 10.1. The average Bonchev–Trinajstić information content (AvgIpc) is 2.90. The molecule has 0 aliphatic heterocycles. The molecule has 0 spiro atoms. The molecule has 3 aromatic rings. The zero-order valence-corrected chi connectivity index (χ0v) is 20.4. The summed E-state index contributed by atoms with van der Waals surface area (Å²) in [6.45, 7) is 1.22. The number of nitrogens with zero attached hydrogens (tertiary/aromatic N) is 4. The van der Waals surface area contributed by atoms with Gasteiger partial charge >= 0.3 is 12.0 Å². The average molecular weight is 532 g/mol. The molecule has 2 aromatic heterocycles. The molecule has 202 valence electrons. The first kappa shape index (κ1) is 27.0. The number of hydrogen-bond acceptors (Lipinski definition) is 9. The minimum absolute atomic E-state index is 0.0453. The van der Waals surface area contributed by atoms with Gasteiger partial charge in [-0.15, -0.1) is 13.2 Å². The standard InChI is InChI=1S/C25H28F3N7O3/c26-25(27,28)38-22-4-2-1-3-19(22)15-32-24-33-16-21(35(36)37)23(34-24)31-14-17-5-7-20(8-6-17)30-13-18-9-11-29-12-10-18/h1-4,9-12,16-17,20,30H,5-8,13-15H2,(H2,31,32,33,34)/t17-,20-. The highest BCUT2D eigenvalue weighted by atomic mass is 19.4. The van der Waals surface area contributed by atoms with Gasteiger partial charge in [-0.25, -0.2) is 4.98 Å². The van der Waals surface area contributed by atoms with Crippen LogP contribution in [0.15, 0.2) is 55.0 Å². The Morgan fingerprint density at radius 3 is 2.47 bits per heavy atom. The maximum absolute atomic E-state index is 12.7. The molecule has 0 unspecified atom stereocenters. The number of hydrogen-bond donors (Lipinski definition) is 3. The van der Waals surface area contributed by atoms with Gasteiger partial charge < -0.3 is 20.7 Å². The second-order valence-corrected chi connectivity index (χ2v) is 9.03. The number of pyridine rings is 1. The zero-order valence-electron chi connectivity index (χ0n) is 20.4. The molecule has 0 saturated heterocycles. The van der Waals surface area contributed by atoms with Crippen molar-refractivity contribution < 1.29 is 22.8 Å². The van der Waals surface area contributed by atoms with E-state index < -0.39 is 11.3 Å². The van der Waals surface area contributed by atoms with Crippen LogP contribution in [0.4, 0.5) is 30.6 Å². The number of anilines is 2. The molecule has 4 rings (SSSR count). The number of para-hydroxylation sites is 1. The fourth-order valence-corrected chi connectivity index (χ4v) is 4.35. The molecule has 13 heteroatoms. The third-order valence-corrected chi connectivity index (χ3v) is 6.35. The first-order valence-electron chi connectivity index (χ1n) is 12.2. The molecule has 0 radical (unpaired) electrons. The minimum atomic E-state index is -4.83. The summed E-state index contributed by atoms with van der Waals surface area (Å²) < 4.78 is 42.1. The molecule has 1 saturated carbocycles. The van der Waals surface area contributed by atoms with E-state index in [0.717, 1.165) is 38.4 Å². The van der Waals surface area contributed by atoms with E-state index in [2.05, 4.69) is 35.6 Å². The molecule has 0 atom stereocenters. The number of aromatic nitrogens is 3. The quantitative estimate of drug-likeness (QED) is 0.230. The topological polar surface area (TPSA) is 127 Å². The molecule has 2 heterocycles. The van der Waals surface area contributed by atoms with Crippen molar-refractivity contribution in [3.8, 4) is 5.75 Å². The number of nitro groups is 1. The molecular weight excluding hydrogens is 503 g/mol. The fraction of sp³-hybridized carbons (Fsp3) is 0.400. The highest BCUT2D eigenvalue weighted by Gasteiger charge is 2.32. The van der Waals surface area contributed by atoms with Crippen molar-refractivity contribution >= 4 is 17.5 Å². The summed E-state index contributed by atoms with van der Waals surface area (Å²) in [5.74, 6) is 0.0826. The second kappa shape index (κ2) is 12.5. The Labute approximate surface area is 217 Å². The van der Waals surface area contributed by atoms with E-state index in [4.69, 9.17) is 0 Å². The van der Waals surface area contributed by atoms with Crippen LogP contribution in [0.3, 0.4) is 0 Å². The molecule has 38 heavy (non-hydrogen) atoms. The van der Waals surface area contributed by atoms with Crippen molar-refractivity contribution in [1.29, 1.82) is 0 Å². The van der Waals surface area contributed by atoms with Crippen molar-refractivity contribution in [2.45, 2.75) is 51.2 Å². The van der Waals surface area contributed by atoms with Gasteiger partial charge in [0.15, 0.2) is 0 Å². The number of benzene rings is 1. The third kappa shape index (κ3) is 8.00. The Hall–Kier alpha value is -4.00. The van der Waals surface area contributed by atoms with Gasteiger partial charge in [-0.1, -0.05) is 18.2 Å². The van der Waals surface area contributed by atoms with E-state index in [0.29, 0.717) is 18.5 Å². The molecule has 0 amide bonds. The Balaban J connectivity index is 1.31. The van der Waals surface area contributed by atoms with Gasteiger partial charge in [0, 0.05) is 43.6 Å². The van der Waals surface area contributed by atoms with Gasteiger partial charge in [-0.2, -0.15) is 4.98 Å². The van der Waals surface area contributed by atoms with E-state index in [-0.39, 0.29) is 35.3 Å². The van der Waals surface area contributed by atoms with Crippen molar-refractivity contribution in [1.82, 2.24) is 20.3 Å². The van der Waals surface area contributed by atoms with Gasteiger partial charge in [0.05, 0.1) is 4.92 Å². The Bertz CT molecular complexity index is 1210. The third-order valence-electron chi connectivity index (χ3n) is 6.35. The second-order valence-electron chi connectivity index (χ2n) is 9.03. The van der Waals surface area contributed by atoms with E-state index in [9.17, 15) is 23.3 Å². The zero-order chi connectivity index (χ0) is 27.0. The van der Waals surface area contributed by atoms with Crippen LogP contribution in [0, 0.1) is 16.0 Å². The molecule has 1 aliphatic carbocycles. The maximum Gasteiger partial charge on any atom is 0.573 e. The Kier molecular flexibility index (Phi) is 8.89. The number of alkyl halides is 3. The molecule has 1 aromatic carbocycles. The van der Waals surface area contributed by atoms with Crippen LogP contribution in [0.25, 0.3) is 0 Å². The van der Waals surface area contributed by atoms with Crippen molar-refractivity contribution in [2.24, 2.45) is 5.92 Å². The van der Waals surface area contributed by atoms with Crippen LogP contribution in [-0.4, -0.2) is 38.8 Å². The molecule has 3 N–H and O–H groups in total. The molecule has 10 nitrogen and oxygen atoms in total. The van der Waals surface area contributed by atoms with Crippen LogP contribution < -0.4 is 20.7 Å². The van der Waals surface area contributed by atoms with Crippen LogP contribution in [-0.2, 0) is 13.1 Å². The van der Waals surface area contributed by atoms with Crippen LogP contribution in [0.1, 0.15) is 36.8 Å². The van der Waals surface area contributed by atoms with E-state index in [1.54, 1.807) is 18.5 Å². The molecule has 1 aliphatic rings. The smallest absolute Gasteiger partial charge is 0.405 e. The van der Waals surface area contributed by atoms with Gasteiger partial charge in [0.2, 0.25) is 11.8 Å². The van der Waals surface area contributed by atoms with E-state index in [1.807, 2.05) is 12.1 Å². The van der Waals surface area contributed by atoms with E-state index in [1.165, 1.54) is 23.8 Å². The van der Waals surface area contributed by atoms with Gasteiger partial charge in [-0.05, 0) is 55.4 Å². The summed E-state index contributed by atoms with van der Waals surface area (Å²) in [4.78, 5) is 23.1. The predicted octanol–water partition coefficient (Wildman–Crippen LogP) is 5.05. The lowest BCUT2D eigenvalue weighted by Crippen LogP contribution is -2.34. The first-order valence-corrected chi connectivity index (χ1v) is 12.2. The summed E-state index contributed by atoms with van der Waals surface area (Å²) in [7, 11) is 0. The summed E-state index contributed by atoms with van der Waals surface area (Å²) in [5, 5.41) is 21.0.